The maximum absolute atomic E-state index is 12.2. The summed E-state index contributed by atoms with van der Waals surface area (Å²) >= 11 is 0. The Bertz CT molecular complexity index is 1180. The van der Waals surface area contributed by atoms with Crippen molar-refractivity contribution in [2.24, 2.45) is 5.73 Å². The molecule has 9 nitrogen and oxygen atoms in total. The number of methoxy groups -OCH3 is 2. The predicted molar refractivity (Wildman–Crippen MR) is 120 cm³/mol. The number of pyridine rings is 3. The lowest BCUT2D eigenvalue weighted by Gasteiger charge is -2.27. The Hall–Kier alpha value is -3.30. The normalized spacial score (nSPS) is 19.8. The van der Waals surface area contributed by atoms with Crippen LogP contribution in [0.25, 0.3) is 10.8 Å². The second-order valence-corrected chi connectivity index (χ2v) is 8.30. The lowest BCUT2D eigenvalue weighted by molar-refractivity contribution is 0.0235. The first-order valence-electron chi connectivity index (χ1n) is 10.3. The van der Waals surface area contributed by atoms with E-state index in [4.69, 9.17) is 19.9 Å². The highest BCUT2D eigenvalue weighted by molar-refractivity contribution is 5.93. The molecule has 4 heterocycles. The first-order chi connectivity index (χ1) is 15.2. The zero-order valence-electron chi connectivity index (χ0n) is 18.8. The number of anilines is 2. The molecule has 0 spiro atoms. The van der Waals surface area contributed by atoms with E-state index in [1.54, 1.807) is 38.7 Å². The molecule has 0 bridgehead atoms. The van der Waals surface area contributed by atoms with E-state index in [1.165, 1.54) is 0 Å². The van der Waals surface area contributed by atoms with Crippen molar-refractivity contribution >= 4 is 28.4 Å². The zero-order chi connectivity index (χ0) is 23.0. The number of esters is 1. The monoisotopic (exact) mass is 437 g/mol. The number of hydrogen-bond acceptors (Lipinski definition) is 9. The molecule has 3 aromatic heterocycles. The smallest absolute Gasteiger partial charge is 0.340 e. The van der Waals surface area contributed by atoms with Gasteiger partial charge in [-0.25, -0.2) is 19.7 Å². The van der Waals surface area contributed by atoms with Crippen LogP contribution in [0.5, 0.6) is 5.88 Å². The number of hydrogen-bond donors (Lipinski definition) is 2. The van der Waals surface area contributed by atoms with E-state index >= 15 is 0 Å². The fourth-order valence-electron chi connectivity index (χ4n) is 3.93. The van der Waals surface area contributed by atoms with Crippen molar-refractivity contribution in [3.05, 3.63) is 47.4 Å². The van der Waals surface area contributed by atoms with Gasteiger partial charge < -0.3 is 25.3 Å². The number of nitrogens with one attached hydrogen (secondary N) is 1. The second-order valence-electron chi connectivity index (χ2n) is 8.30. The Labute approximate surface area is 186 Å². The Morgan fingerprint density at radius 2 is 1.94 bits per heavy atom. The highest BCUT2D eigenvalue weighted by Gasteiger charge is 2.31. The molecule has 0 radical (unpaired) electrons. The third kappa shape index (κ3) is 3.85. The predicted octanol–water partition coefficient (Wildman–Crippen LogP) is 3.26. The highest BCUT2D eigenvalue weighted by atomic mass is 16.5. The molecule has 0 aliphatic carbocycles. The maximum Gasteiger partial charge on any atom is 0.340 e. The summed E-state index contributed by atoms with van der Waals surface area (Å²) in [6.07, 6.45) is 3.16. The Morgan fingerprint density at radius 3 is 2.66 bits per heavy atom. The van der Waals surface area contributed by atoms with Crippen molar-refractivity contribution in [2.75, 3.05) is 26.1 Å². The highest BCUT2D eigenvalue weighted by Crippen LogP contribution is 2.34. The largest absolute Gasteiger partial charge is 0.481 e. The molecule has 0 unspecified atom stereocenters. The number of ether oxygens (including phenoxy) is 3. The van der Waals surface area contributed by atoms with Gasteiger partial charge >= 0.3 is 5.97 Å². The van der Waals surface area contributed by atoms with Gasteiger partial charge in [-0.05, 0) is 37.4 Å². The molecule has 168 valence electrons. The molecule has 0 amide bonds. The van der Waals surface area contributed by atoms with Gasteiger partial charge in [0.15, 0.2) is 0 Å². The summed E-state index contributed by atoms with van der Waals surface area (Å²) in [6.45, 7) is 6.06. The number of fused-ring (bicyclic) bond motifs is 2. The van der Waals surface area contributed by atoms with Crippen LogP contribution in [0.15, 0.2) is 30.6 Å². The van der Waals surface area contributed by atoms with Gasteiger partial charge in [-0.15, -0.1) is 0 Å². The third-order valence-corrected chi connectivity index (χ3v) is 5.82. The fraction of sp³-hybridized carbons (Fsp3) is 0.391. The summed E-state index contributed by atoms with van der Waals surface area (Å²) in [7, 11) is 3.17. The van der Waals surface area contributed by atoms with Crippen LogP contribution in [-0.4, -0.2) is 47.9 Å². The molecule has 1 aliphatic rings. The van der Waals surface area contributed by atoms with Crippen molar-refractivity contribution in [1.29, 1.82) is 0 Å². The molecule has 3 aromatic rings. The van der Waals surface area contributed by atoms with Crippen LogP contribution in [0.4, 0.5) is 11.6 Å². The maximum atomic E-state index is 12.2. The first kappa shape index (κ1) is 21.9. The minimum atomic E-state index is -0.763. The number of carbonyl (C=O) groups excluding carboxylic acids is 1. The number of nitrogens with zero attached hydrogens (tertiary/aromatic N) is 3. The van der Waals surface area contributed by atoms with Gasteiger partial charge in [0.2, 0.25) is 5.88 Å². The van der Waals surface area contributed by atoms with Crippen molar-refractivity contribution < 1.29 is 19.0 Å². The molecule has 3 atom stereocenters. The number of carbonyl (C=O) groups is 1. The molecule has 0 aromatic carbocycles. The van der Waals surface area contributed by atoms with Gasteiger partial charge in [-0.3, -0.25) is 0 Å². The first-order valence-corrected chi connectivity index (χ1v) is 10.3. The van der Waals surface area contributed by atoms with E-state index in [2.05, 4.69) is 20.3 Å². The minimum absolute atomic E-state index is 0.0112. The van der Waals surface area contributed by atoms with Gasteiger partial charge in [0.1, 0.15) is 17.7 Å². The average Bonchev–Trinajstić information content (AvgIpc) is 2.76. The standard InChI is InChI=1S/C23H27N5O4/c1-12-13(2)32-22(29)14-6-7-18(28-20(12)14)27-19-8-15-16(9-25-19)21(31-5)26-10-17(15)23(3,24)11-30-4/h6-10,12-13H,11,24H2,1-5H3,(H,25,27,28)/t12-,13-,23-/m0/s1. The van der Waals surface area contributed by atoms with Crippen molar-refractivity contribution in [1.82, 2.24) is 15.0 Å². The number of cyclic esters (lactones) is 1. The Morgan fingerprint density at radius 1 is 1.16 bits per heavy atom. The van der Waals surface area contributed by atoms with E-state index in [-0.39, 0.29) is 18.0 Å². The third-order valence-electron chi connectivity index (χ3n) is 5.82. The van der Waals surface area contributed by atoms with Crippen molar-refractivity contribution in [3.63, 3.8) is 0 Å². The lowest BCUT2D eigenvalue weighted by Crippen LogP contribution is -2.38. The molecule has 1 aliphatic heterocycles. The van der Waals surface area contributed by atoms with Crippen LogP contribution in [0.1, 0.15) is 48.3 Å². The van der Waals surface area contributed by atoms with Crippen molar-refractivity contribution in [2.45, 2.75) is 38.3 Å². The van der Waals surface area contributed by atoms with E-state index in [0.29, 0.717) is 35.4 Å². The summed E-state index contributed by atoms with van der Waals surface area (Å²) in [5, 5.41) is 4.83. The van der Waals surface area contributed by atoms with E-state index in [0.717, 1.165) is 16.3 Å². The van der Waals surface area contributed by atoms with Gasteiger partial charge in [0.05, 0.1) is 35.9 Å². The summed E-state index contributed by atoms with van der Waals surface area (Å²) in [4.78, 5) is 25.7. The van der Waals surface area contributed by atoms with Crippen molar-refractivity contribution in [3.8, 4) is 5.88 Å². The van der Waals surface area contributed by atoms with E-state index in [1.807, 2.05) is 26.8 Å². The van der Waals surface area contributed by atoms with Crippen LogP contribution in [0.2, 0.25) is 0 Å². The van der Waals surface area contributed by atoms with Crippen LogP contribution >= 0.6 is 0 Å². The second kappa shape index (κ2) is 8.33. The van der Waals surface area contributed by atoms with Gasteiger partial charge in [-0.1, -0.05) is 6.92 Å². The lowest BCUT2D eigenvalue weighted by atomic mass is 9.91. The topological polar surface area (TPSA) is 121 Å². The average molecular weight is 438 g/mol. The van der Waals surface area contributed by atoms with Crippen LogP contribution < -0.4 is 15.8 Å². The SMILES string of the molecule is COC[C@](C)(N)c1cnc(OC)c2cnc(Nc3ccc4c(n3)[C@@H](C)[C@H](C)OC4=O)cc12. The van der Waals surface area contributed by atoms with Crippen LogP contribution in [0.3, 0.4) is 0 Å². The molecule has 0 saturated carbocycles. The minimum Gasteiger partial charge on any atom is -0.481 e. The Balaban J connectivity index is 1.75. The van der Waals surface area contributed by atoms with Crippen LogP contribution in [-0.2, 0) is 15.0 Å². The number of aromatic nitrogens is 3. The van der Waals surface area contributed by atoms with E-state index < -0.39 is 5.54 Å². The molecular weight excluding hydrogens is 410 g/mol. The molecule has 0 saturated heterocycles. The molecule has 9 heteroatoms. The zero-order valence-corrected chi connectivity index (χ0v) is 18.8. The summed E-state index contributed by atoms with van der Waals surface area (Å²) < 4.78 is 16.1. The fourth-order valence-corrected chi connectivity index (χ4v) is 3.93. The molecule has 3 N–H and O–H groups in total. The summed E-state index contributed by atoms with van der Waals surface area (Å²) in [5.41, 5.74) is 7.77. The van der Waals surface area contributed by atoms with Gasteiger partial charge in [0.25, 0.3) is 0 Å². The molecule has 0 fully saturated rings. The number of rotatable bonds is 6. The molecule has 4 rings (SSSR count). The van der Waals surface area contributed by atoms with Gasteiger partial charge in [-0.2, -0.15) is 0 Å². The quantitative estimate of drug-likeness (QED) is 0.560. The Kier molecular flexibility index (Phi) is 5.70. The number of nitrogens with two attached hydrogens (primary N) is 1. The van der Waals surface area contributed by atoms with Crippen LogP contribution in [0, 0.1) is 0 Å². The molecular formula is C23H27N5O4. The summed E-state index contributed by atoms with van der Waals surface area (Å²) in [6, 6.07) is 5.35. The van der Waals surface area contributed by atoms with Gasteiger partial charge in [0, 0.05) is 31.0 Å². The summed E-state index contributed by atoms with van der Waals surface area (Å²) in [5.74, 6) is 1.26. The van der Waals surface area contributed by atoms with E-state index in [9.17, 15) is 4.79 Å². The molecule has 32 heavy (non-hydrogen) atoms.